The molecule has 1 N–H and O–H groups in total. The lowest BCUT2D eigenvalue weighted by molar-refractivity contribution is -0.131. The van der Waals surface area contributed by atoms with Crippen LogP contribution in [0.2, 0.25) is 0 Å². The SMILES string of the molecule is CCC1CCN(Cc2ccc(F)cc2C=CC(=O)O)CC1. The lowest BCUT2D eigenvalue weighted by atomic mass is 9.94. The first-order valence-electron chi connectivity index (χ1n) is 7.50. The van der Waals surface area contributed by atoms with E-state index in [1.54, 1.807) is 6.07 Å². The second-order valence-electron chi connectivity index (χ2n) is 5.64. The van der Waals surface area contributed by atoms with E-state index in [9.17, 15) is 9.18 Å². The summed E-state index contributed by atoms with van der Waals surface area (Å²) in [5, 5.41) is 8.72. The van der Waals surface area contributed by atoms with E-state index in [0.717, 1.165) is 37.2 Å². The van der Waals surface area contributed by atoms with Crippen LogP contribution in [-0.2, 0) is 11.3 Å². The number of hydrogen-bond donors (Lipinski definition) is 1. The molecule has 1 aliphatic rings. The molecule has 2 rings (SSSR count). The van der Waals surface area contributed by atoms with Gasteiger partial charge in [0.15, 0.2) is 0 Å². The highest BCUT2D eigenvalue weighted by atomic mass is 19.1. The fraction of sp³-hybridized carbons (Fsp3) is 0.471. The van der Waals surface area contributed by atoms with Gasteiger partial charge in [-0.05, 0) is 61.2 Å². The molecule has 0 amide bonds. The monoisotopic (exact) mass is 291 g/mol. The van der Waals surface area contributed by atoms with Crippen molar-refractivity contribution in [1.82, 2.24) is 4.90 Å². The van der Waals surface area contributed by atoms with Gasteiger partial charge < -0.3 is 5.11 Å². The van der Waals surface area contributed by atoms with Gasteiger partial charge >= 0.3 is 5.97 Å². The highest BCUT2D eigenvalue weighted by Crippen LogP contribution is 2.23. The van der Waals surface area contributed by atoms with Crippen molar-refractivity contribution in [1.29, 1.82) is 0 Å². The molecule has 1 aromatic carbocycles. The van der Waals surface area contributed by atoms with Crippen LogP contribution in [-0.4, -0.2) is 29.1 Å². The molecule has 1 aromatic rings. The smallest absolute Gasteiger partial charge is 0.328 e. The maximum Gasteiger partial charge on any atom is 0.328 e. The molecule has 3 nitrogen and oxygen atoms in total. The summed E-state index contributed by atoms with van der Waals surface area (Å²) >= 11 is 0. The predicted octanol–water partition coefficient (Wildman–Crippen LogP) is 3.55. The zero-order valence-electron chi connectivity index (χ0n) is 12.4. The van der Waals surface area contributed by atoms with Crippen molar-refractivity contribution in [2.75, 3.05) is 13.1 Å². The molecular weight excluding hydrogens is 269 g/mol. The van der Waals surface area contributed by atoms with E-state index in [0.29, 0.717) is 5.56 Å². The van der Waals surface area contributed by atoms with Crippen LogP contribution in [0, 0.1) is 11.7 Å². The van der Waals surface area contributed by atoms with E-state index in [1.165, 1.54) is 37.5 Å². The van der Waals surface area contributed by atoms with Crippen LogP contribution in [0.5, 0.6) is 0 Å². The third-order valence-electron chi connectivity index (χ3n) is 4.19. The van der Waals surface area contributed by atoms with Crippen molar-refractivity contribution >= 4 is 12.0 Å². The van der Waals surface area contributed by atoms with Crippen LogP contribution in [0.1, 0.15) is 37.3 Å². The summed E-state index contributed by atoms with van der Waals surface area (Å²) < 4.78 is 13.4. The number of halogens is 1. The van der Waals surface area contributed by atoms with Crippen LogP contribution in [0.4, 0.5) is 4.39 Å². The number of benzene rings is 1. The molecule has 114 valence electrons. The summed E-state index contributed by atoms with van der Waals surface area (Å²) in [7, 11) is 0. The summed E-state index contributed by atoms with van der Waals surface area (Å²) in [5.74, 6) is -0.539. The maximum absolute atomic E-state index is 13.4. The van der Waals surface area contributed by atoms with Gasteiger partial charge in [0.1, 0.15) is 5.82 Å². The zero-order valence-corrected chi connectivity index (χ0v) is 12.4. The van der Waals surface area contributed by atoms with Gasteiger partial charge in [0, 0.05) is 12.6 Å². The van der Waals surface area contributed by atoms with Crippen LogP contribution in [0.15, 0.2) is 24.3 Å². The van der Waals surface area contributed by atoms with E-state index in [-0.39, 0.29) is 5.82 Å². The van der Waals surface area contributed by atoms with Gasteiger partial charge in [-0.25, -0.2) is 9.18 Å². The maximum atomic E-state index is 13.4. The second-order valence-corrected chi connectivity index (χ2v) is 5.64. The van der Waals surface area contributed by atoms with Crippen LogP contribution >= 0.6 is 0 Å². The molecule has 0 saturated carbocycles. The highest BCUT2D eigenvalue weighted by molar-refractivity contribution is 5.85. The quantitative estimate of drug-likeness (QED) is 0.843. The van der Waals surface area contributed by atoms with Crippen LogP contribution in [0.3, 0.4) is 0 Å². The van der Waals surface area contributed by atoms with Crippen molar-refractivity contribution in [3.63, 3.8) is 0 Å². The minimum Gasteiger partial charge on any atom is -0.478 e. The number of rotatable bonds is 5. The minimum atomic E-state index is -1.02. The molecule has 1 aliphatic heterocycles. The Labute approximate surface area is 125 Å². The molecule has 0 radical (unpaired) electrons. The van der Waals surface area contributed by atoms with Gasteiger partial charge in [-0.2, -0.15) is 0 Å². The second kappa shape index (κ2) is 7.36. The largest absolute Gasteiger partial charge is 0.478 e. The number of carbonyl (C=O) groups is 1. The molecule has 0 aromatic heterocycles. The number of carboxylic acid groups (broad SMARTS) is 1. The average Bonchev–Trinajstić information content (AvgIpc) is 2.48. The molecule has 0 aliphatic carbocycles. The van der Waals surface area contributed by atoms with E-state index in [4.69, 9.17) is 5.11 Å². The molecule has 21 heavy (non-hydrogen) atoms. The highest BCUT2D eigenvalue weighted by Gasteiger charge is 2.18. The Morgan fingerprint density at radius 3 is 2.76 bits per heavy atom. The molecule has 0 bridgehead atoms. The molecule has 0 unspecified atom stereocenters. The molecule has 0 atom stereocenters. The molecule has 1 saturated heterocycles. The van der Waals surface area contributed by atoms with Gasteiger partial charge in [0.05, 0.1) is 0 Å². The molecule has 0 spiro atoms. The van der Waals surface area contributed by atoms with Gasteiger partial charge in [-0.15, -0.1) is 0 Å². The van der Waals surface area contributed by atoms with E-state index in [1.807, 2.05) is 0 Å². The van der Waals surface area contributed by atoms with Crippen molar-refractivity contribution in [2.45, 2.75) is 32.7 Å². The summed E-state index contributed by atoms with van der Waals surface area (Å²) in [4.78, 5) is 13.0. The third kappa shape index (κ3) is 4.67. The molecular formula is C17H22FNO2. The zero-order chi connectivity index (χ0) is 15.2. The summed E-state index contributed by atoms with van der Waals surface area (Å²) in [5.41, 5.74) is 1.62. The number of piperidine rings is 1. The normalized spacial score (nSPS) is 17.4. The van der Waals surface area contributed by atoms with E-state index < -0.39 is 5.97 Å². The van der Waals surface area contributed by atoms with Gasteiger partial charge in [0.25, 0.3) is 0 Å². The van der Waals surface area contributed by atoms with Crippen LogP contribution in [0.25, 0.3) is 6.08 Å². The number of likely N-dealkylation sites (tertiary alicyclic amines) is 1. The first kappa shape index (κ1) is 15.7. The fourth-order valence-electron chi connectivity index (χ4n) is 2.82. The number of hydrogen-bond acceptors (Lipinski definition) is 2. The van der Waals surface area contributed by atoms with Crippen molar-refractivity contribution in [3.8, 4) is 0 Å². The Morgan fingerprint density at radius 1 is 1.43 bits per heavy atom. The average molecular weight is 291 g/mol. The third-order valence-corrected chi connectivity index (χ3v) is 4.19. The van der Waals surface area contributed by atoms with E-state index in [2.05, 4.69) is 11.8 Å². The summed E-state index contributed by atoms with van der Waals surface area (Å²) in [6.45, 7) is 5.08. The van der Waals surface area contributed by atoms with Gasteiger partial charge in [-0.1, -0.05) is 19.4 Å². The molecule has 4 heteroatoms. The Kier molecular flexibility index (Phi) is 5.51. The van der Waals surface area contributed by atoms with Crippen molar-refractivity contribution in [3.05, 3.63) is 41.2 Å². The Balaban J connectivity index is 2.07. The molecule has 1 fully saturated rings. The first-order chi connectivity index (χ1) is 10.1. The number of carboxylic acids is 1. The number of nitrogens with zero attached hydrogens (tertiary/aromatic N) is 1. The van der Waals surface area contributed by atoms with Crippen molar-refractivity contribution in [2.24, 2.45) is 5.92 Å². The van der Waals surface area contributed by atoms with Gasteiger partial charge in [-0.3, -0.25) is 4.90 Å². The Bertz CT molecular complexity index is 520. The lowest BCUT2D eigenvalue weighted by Crippen LogP contribution is -2.33. The topological polar surface area (TPSA) is 40.5 Å². The standard InChI is InChI=1S/C17H22FNO2/c1-2-13-7-9-19(10-8-13)12-15-3-5-16(18)11-14(15)4-6-17(20)21/h3-6,11,13H,2,7-10,12H2,1H3,(H,20,21). The summed E-state index contributed by atoms with van der Waals surface area (Å²) in [6.07, 6.45) is 6.17. The first-order valence-corrected chi connectivity index (χ1v) is 7.50. The predicted molar refractivity (Wildman–Crippen MR) is 81.4 cm³/mol. The van der Waals surface area contributed by atoms with E-state index >= 15 is 0 Å². The summed E-state index contributed by atoms with van der Waals surface area (Å²) in [6, 6.07) is 4.59. The molecule has 1 heterocycles. The number of aliphatic carboxylic acids is 1. The Hall–Kier alpha value is -1.68. The minimum absolute atomic E-state index is 0.339. The Morgan fingerprint density at radius 2 is 2.14 bits per heavy atom. The fourth-order valence-corrected chi connectivity index (χ4v) is 2.82. The lowest BCUT2D eigenvalue weighted by Gasteiger charge is -2.31. The van der Waals surface area contributed by atoms with Gasteiger partial charge in [0.2, 0.25) is 0 Å². The van der Waals surface area contributed by atoms with Crippen molar-refractivity contribution < 1.29 is 14.3 Å². The van der Waals surface area contributed by atoms with Crippen LogP contribution < -0.4 is 0 Å².